The van der Waals surface area contributed by atoms with Crippen molar-refractivity contribution in [2.24, 2.45) is 0 Å². The molecule has 2 N–H and O–H groups in total. The van der Waals surface area contributed by atoms with E-state index in [1.807, 2.05) is 12.1 Å². The third-order valence-electron chi connectivity index (χ3n) is 4.77. The summed E-state index contributed by atoms with van der Waals surface area (Å²) in [4.78, 5) is 32.1. The summed E-state index contributed by atoms with van der Waals surface area (Å²) in [5, 5.41) is 5.65. The predicted molar refractivity (Wildman–Crippen MR) is 108 cm³/mol. The molecule has 152 valence electrons. The van der Waals surface area contributed by atoms with Crippen molar-refractivity contribution in [1.29, 1.82) is 0 Å². The molecule has 1 aromatic carbocycles. The topological polar surface area (TPSA) is 96.0 Å². The van der Waals surface area contributed by atoms with Crippen molar-refractivity contribution in [2.45, 2.75) is 6.54 Å². The molecule has 4 rings (SSSR count). The van der Waals surface area contributed by atoms with Crippen LogP contribution in [0.5, 0.6) is 0 Å². The lowest BCUT2D eigenvalue weighted by molar-refractivity contribution is 0.122. The summed E-state index contributed by atoms with van der Waals surface area (Å²) in [6.07, 6.45) is 1.37. The zero-order valence-electron chi connectivity index (χ0n) is 16.0. The standard InChI is InChI=1S/C20H23N5O4/c26-19(23-16-2-1-3-17(13-16)25-8-11-29-20(25)27)22-14-15-4-5-21-18(12-15)24-6-9-28-10-7-24/h1-5,12-13H,6-11,14H2,(H2,22,23,26). The number of carbonyl (C=O) groups is 2. The predicted octanol–water partition coefficient (Wildman–Crippen LogP) is 2.20. The van der Waals surface area contributed by atoms with E-state index in [4.69, 9.17) is 9.47 Å². The molecule has 1 aromatic heterocycles. The van der Waals surface area contributed by atoms with Crippen LogP contribution in [0.15, 0.2) is 42.6 Å². The van der Waals surface area contributed by atoms with Crippen molar-refractivity contribution in [3.8, 4) is 0 Å². The van der Waals surface area contributed by atoms with Gasteiger partial charge in [0.1, 0.15) is 12.4 Å². The Labute approximate surface area is 168 Å². The van der Waals surface area contributed by atoms with Gasteiger partial charge in [0.15, 0.2) is 0 Å². The van der Waals surface area contributed by atoms with Crippen LogP contribution >= 0.6 is 0 Å². The van der Waals surface area contributed by atoms with Crippen molar-refractivity contribution in [3.63, 3.8) is 0 Å². The van der Waals surface area contributed by atoms with Gasteiger partial charge in [-0.1, -0.05) is 6.07 Å². The molecule has 0 spiro atoms. The number of rotatable bonds is 5. The molecule has 2 fully saturated rings. The first-order valence-electron chi connectivity index (χ1n) is 9.56. The number of anilines is 3. The van der Waals surface area contributed by atoms with Crippen LogP contribution in [0.2, 0.25) is 0 Å². The van der Waals surface area contributed by atoms with E-state index in [9.17, 15) is 9.59 Å². The number of urea groups is 1. The van der Waals surface area contributed by atoms with E-state index < -0.39 is 0 Å². The molecule has 9 nitrogen and oxygen atoms in total. The average molecular weight is 397 g/mol. The summed E-state index contributed by atoms with van der Waals surface area (Å²) in [5.41, 5.74) is 2.25. The van der Waals surface area contributed by atoms with Crippen LogP contribution in [0.4, 0.5) is 26.8 Å². The Bertz CT molecular complexity index is 885. The van der Waals surface area contributed by atoms with Crippen molar-refractivity contribution in [3.05, 3.63) is 48.2 Å². The van der Waals surface area contributed by atoms with E-state index in [1.54, 1.807) is 30.5 Å². The lowest BCUT2D eigenvalue weighted by Crippen LogP contribution is -2.36. The number of nitrogens with zero attached hydrogens (tertiary/aromatic N) is 3. The summed E-state index contributed by atoms with van der Waals surface area (Å²) < 4.78 is 10.3. The number of cyclic esters (lactones) is 1. The minimum Gasteiger partial charge on any atom is -0.447 e. The Balaban J connectivity index is 1.33. The SMILES string of the molecule is O=C(NCc1ccnc(N2CCOCC2)c1)Nc1cccc(N2CCOC2=O)c1. The third-order valence-corrected chi connectivity index (χ3v) is 4.77. The zero-order valence-corrected chi connectivity index (χ0v) is 16.0. The Morgan fingerprint density at radius 1 is 1.10 bits per heavy atom. The summed E-state index contributed by atoms with van der Waals surface area (Å²) in [6, 6.07) is 10.6. The average Bonchev–Trinajstić information content (AvgIpc) is 3.19. The van der Waals surface area contributed by atoms with E-state index in [2.05, 4.69) is 20.5 Å². The summed E-state index contributed by atoms with van der Waals surface area (Å²) >= 11 is 0. The van der Waals surface area contributed by atoms with Gasteiger partial charge in [-0.2, -0.15) is 0 Å². The van der Waals surface area contributed by atoms with E-state index in [0.29, 0.717) is 44.3 Å². The van der Waals surface area contributed by atoms with Crippen molar-refractivity contribution in [2.75, 3.05) is 54.6 Å². The molecule has 2 aliphatic rings. The molecule has 0 bridgehead atoms. The van der Waals surface area contributed by atoms with Crippen LogP contribution in [-0.4, -0.2) is 56.6 Å². The zero-order chi connectivity index (χ0) is 20.1. The van der Waals surface area contributed by atoms with Gasteiger partial charge in [0, 0.05) is 37.2 Å². The van der Waals surface area contributed by atoms with Gasteiger partial charge in [-0.05, 0) is 35.9 Å². The fraction of sp³-hybridized carbons (Fsp3) is 0.350. The second-order valence-corrected chi connectivity index (χ2v) is 6.75. The molecule has 29 heavy (non-hydrogen) atoms. The highest BCUT2D eigenvalue weighted by Crippen LogP contribution is 2.22. The monoisotopic (exact) mass is 397 g/mol. The number of ether oxygens (including phenoxy) is 2. The van der Waals surface area contributed by atoms with Crippen LogP contribution in [0.3, 0.4) is 0 Å². The Hall–Kier alpha value is -3.33. The molecule has 0 aliphatic carbocycles. The number of amides is 3. The van der Waals surface area contributed by atoms with Gasteiger partial charge in [-0.15, -0.1) is 0 Å². The molecule has 2 saturated heterocycles. The number of carbonyl (C=O) groups excluding carboxylic acids is 2. The largest absolute Gasteiger partial charge is 0.447 e. The molecule has 3 amide bonds. The number of benzene rings is 1. The number of hydrogen-bond acceptors (Lipinski definition) is 6. The normalized spacial score (nSPS) is 16.5. The van der Waals surface area contributed by atoms with Crippen LogP contribution in [0.1, 0.15) is 5.56 Å². The second kappa shape index (κ2) is 8.78. The lowest BCUT2D eigenvalue weighted by atomic mass is 10.2. The van der Waals surface area contributed by atoms with Crippen LogP contribution in [0.25, 0.3) is 0 Å². The summed E-state index contributed by atoms with van der Waals surface area (Å²) in [7, 11) is 0. The van der Waals surface area contributed by atoms with E-state index in [0.717, 1.165) is 24.5 Å². The highest BCUT2D eigenvalue weighted by molar-refractivity contribution is 5.93. The molecule has 0 radical (unpaired) electrons. The van der Waals surface area contributed by atoms with Gasteiger partial charge in [0.05, 0.1) is 19.8 Å². The van der Waals surface area contributed by atoms with Crippen molar-refractivity contribution >= 4 is 29.3 Å². The van der Waals surface area contributed by atoms with Gasteiger partial charge < -0.3 is 25.0 Å². The molecule has 3 heterocycles. The molecule has 9 heteroatoms. The van der Waals surface area contributed by atoms with Gasteiger partial charge in [0.25, 0.3) is 0 Å². The first-order chi connectivity index (χ1) is 14.2. The maximum atomic E-state index is 12.3. The van der Waals surface area contributed by atoms with Crippen LogP contribution < -0.4 is 20.4 Å². The fourth-order valence-electron chi connectivity index (χ4n) is 3.27. The molecule has 0 unspecified atom stereocenters. The van der Waals surface area contributed by atoms with Gasteiger partial charge in [-0.25, -0.2) is 14.6 Å². The first-order valence-corrected chi connectivity index (χ1v) is 9.56. The summed E-state index contributed by atoms with van der Waals surface area (Å²) in [5.74, 6) is 0.887. The van der Waals surface area contributed by atoms with E-state index in [-0.39, 0.29) is 12.1 Å². The first kappa shape index (κ1) is 19.0. The number of morpholine rings is 1. The molecule has 0 atom stereocenters. The molecule has 2 aromatic rings. The van der Waals surface area contributed by atoms with Gasteiger partial charge in [-0.3, -0.25) is 4.90 Å². The van der Waals surface area contributed by atoms with Crippen LogP contribution in [-0.2, 0) is 16.0 Å². The number of aromatic nitrogens is 1. The molecular formula is C20H23N5O4. The minimum absolute atomic E-state index is 0.323. The molecule has 2 aliphatic heterocycles. The maximum absolute atomic E-state index is 12.3. The second-order valence-electron chi connectivity index (χ2n) is 6.75. The fourth-order valence-corrected chi connectivity index (χ4v) is 3.27. The smallest absolute Gasteiger partial charge is 0.414 e. The van der Waals surface area contributed by atoms with Gasteiger partial charge in [0.2, 0.25) is 0 Å². The minimum atomic E-state index is -0.375. The van der Waals surface area contributed by atoms with Gasteiger partial charge >= 0.3 is 12.1 Å². The van der Waals surface area contributed by atoms with E-state index in [1.165, 1.54) is 4.90 Å². The highest BCUT2D eigenvalue weighted by atomic mass is 16.6. The quantitative estimate of drug-likeness (QED) is 0.803. The Morgan fingerprint density at radius 3 is 2.76 bits per heavy atom. The maximum Gasteiger partial charge on any atom is 0.414 e. The summed E-state index contributed by atoms with van der Waals surface area (Å²) in [6.45, 7) is 4.26. The van der Waals surface area contributed by atoms with Crippen molar-refractivity contribution < 1.29 is 19.1 Å². The molecular weight excluding hydrogens is 374 g/mol. The number of hydrogen-bond donors (Lipinski definition) is 2. The van der Waals surface area contributed by atoms with Crippen molar-refractivity contribution in [1.82, 2.24) is 10.3 Å². The number of pyridine rings is 1. The van der Waals surface area contributed by atoms with E-state index >= 15 is 0 Å². The highest BCUT2D eigenvalue weighted by Gasteiger charge is 2.23. The lowest BCUT2D eigenvalue weighted by Gasteiger charge is -2.28. The Morgan fingerprint density at radius 2 is 1.97 bits per heavy atom. The Kier molecular flexibility index (Phi) is 5.76. The molecule has 0 saturated carbocycles. The van der Waals surface area contributed by atoms with Crippen LogP contribution in [0, 0.1) is 0 Å². The third kappa shape index (κ3) is 4.75. The number of nitrogens with one attached hydrogen (secondary N) is 2.